The zero-order valence-electron chi connectivity index (χ0n) is 9.81. The molecule has 0 aliphatic rings. The molecular weight excluding hydrogens is 274 g/mol. The summed E-state index contributed by atoms with van der Waals surface area (Å²) < 4.78 is 31.6. The second kappa shape index (κ2) is 5.74. The number of Topliss-reactive ketones (excluding diaryl/α,β-unsaturated/α-hetero) is 1. The average molecular weight is 285 g/mol. The fourth-order valence-electron chi connectivity index (χ4n) is 1.36. The standard InChI is InChI=1S/C11H9NO2.H2O4S/c1-7(13)11-10(14)6-8-4-2-3-5-9(8)12-11;1-5(2,3)4/h2-6,14H,1H3;(H2,1,2,3,4). The molecule has 0 unspecified atom stereocenters. The van der Waals surface area contributed by atoms with Crippen molar-refractivity contribution in [2.45, 2.75) is 6.92 Å². The molecule has 0 amide bonds. The minimum atomic E-state index is -4.67. The van der Waals surface area contributed by atoms with Gasteiger partial charge in [0.15, 0.2) is 5.78 Å². The quantitative estimate of drug-likeness (QED) is 0.535. The molecule has 19 heavy (non-hydrogen) atoms. The zero-order valence-corrected chi connectivity index (χ0v) is 10.6. The van der Waals surface area contributed by atoms with Crippen molar-refractivity contribution < 1.29 is 27.4 Å². The van der Waals surface area contributed by atoms with Crippen molar-refractivity contribution in [1.82, 2.24) is 4.98 Å². The van der Waals surface area contributed by atoms with E-state index in [9.17, 15) is 9.90 Å². The Balaban J connectivity index is 0.000000312. The van der Waals surface area contributed by atoms with Crippen LogP contribution in [0.15, 0.2) is 30.3 Å². The van der Waals surface area contributed by atoms with Gasteiger partial charge in [0.1, 0.15) is 11.4 Å². The van der Waals surface area contributed by atoms with E-state index < -0.39 is 10.4 Å². The van der Waals surface area contributed by atoms with Crippen LogP contribution in [0.25, 0.3) is 10.9 Å². The molecular formula is C11H11NO6S. The molecule has 1 heterocycles. The number of nitrogens with zero attached hydrogens (tertiary/aromatic N) is 1. The fraction of sp³-hybridized carbons (Fsp3) is 0.0909. The fourth-order valence-corrected chi connectivity index (χ4v) is 1.36. The Bertz CT molecular complexity index is 702. The summed E-state index contributed by atoms with van der Waals surface area (Å²) in [5.74, 6) is -0.288. The first-order chi connectivity index (χ1) is 8.68. The molecule has 1 aromatic carbocycles. The van der Waals surface area contributed by atoms with Gasteiger partial charge in [-0.15, -0.1) is 0 Å². The number of benzene rings is 1. The number of aromatic nitrogens is 1. The summed E-state index contributed by atoms with van der Waals surface area (Å²) >= 11 is 0. The number of carbonyl (C=O) groups excluding carboxylic acids is 1. The number of hydrogen-bond donors (Lipinski definition) is 3. The highest BCUT2D eigenvalue weighted by molar-refractivity contribution is 7.79. The van der Waals surface area contributed by atoms with Crippen LogP contribution >= 0.6 is 0 Å². The van der Waals surface area contributed by atoms with Gasteiger partial charge >= 0.3 is 10.4 Å². The monoisotopic (exact) mass is 285 g/mol. The molecule has 0 spiro atoms. The molecule has 0 atom stereocenters. The maximum absolute atomic E-state index is 11.1. The molecule has 102 valence electrons. The van der Waals surface area contributed by atoms with Gasteiger partial charge in [-0.25, -0.2) is 4.98 Å². The number of hydrogen-bond acceptors (Lipinski definition) is 5. The van der Waals surface area contributed by atoms with Gasteiger partial charge in [-0.05, 0) is 12.1 Å². The van der Waals surface area contributed by atoms with Crippen molar-refractivity contribution in [3.05, 3.63) is 36.0 Å². The summed E-state index contributed by atoms with van der Waals surface area (Å²) in [7, 11) is -4.67. The number of para-hydroxylation sites is 1. The van der Waals surface area contributed by atoms with E-state index in [-0.39, 0.29) is 17.2 Å². The van der Waals surface area contributed by atoms with Crippen LogP contribution in [0.4, 0.5) is 0 Å². The third kappa shape index (κ3) is 5.00. The molecule has 0 bridgehead atoms. The number of pyridine rings is 1. The van der Waals surface area contributed by atoms with Crippen molar-refractivity contribution in [3.8, 4) is 5.75 Å². The largest absolute Gasteiger partial charge is 0.506 e. The molecule has 2 aromatic rings. The third-order valence-corrected chi connectivity index (χ3v) is 2.04. The highest BCUT2D eigenvalue weighted by atomic mass is 32.3. The number of carbonyl (C=O) groups is 1. The lowest BCUT2D eigenvalue weighted by Gasteiger charge is -2.02. The predicted molar refractivity (Wildman–Crippen MR) is 67.6 cm³/mol. The lowest BCUT2D eigenvalue weighted by Crippen LogP contribution is -1.97. The van der Waals surface area contributed by atoms with Crippen molar-refractivity contribution >= 4 is 27.1 Å². The van der Waals surface area contributed by atoms with Gasteiger partial charge in [0.25, 0.3) is 0 Å². The summed E-state index contributed by atoms with van der Waals surface area (Å²) in [4.78, 5) is 15.2. The van der Waals surface area contributed by atoms with Gasteiger partial charge in [0, 0.05) is 12.3 Å². The Labute approximate surface area is 109 Å². The summed E-state index contributed by atoms with van der Waals surface area (Å²) in [6, 6.07) is 8.90. The molecule has 1 aromatic heterocycles. The van der Waals surface area contributed by atoms with Crippen LogP contribution in [-0.2, 0) is 10.4 Å². The lowest BCUT2D eigenvalue weighted by molar-refractivity contribution is 0.101. The maximum atomic E-state index is 11.1. The third-order valence-electron chi connectivity index (χ3n) is 2.04. The molecule has 0 radical (unpaired) electrons. The summed E-state index contributed by atoms with van der Waals surface area (Å²) in [5, 5.41) is 10.3. The summed E-state index contributed by atoms with van der Waals surface area (Å²) in [6.07, 6.45) is 0. The molecule has 0 aliphatic carbocycles. The molecule has 0 saturated carbocycles. The van der Waals surface area contributed by atoms with Crippen LogP contribution in [0.3, 0.4) is 0 Å². The lowest BCUT2D eigenvalue weighted by atomic mass is 10.1. The molecule has 3 N–H and O–H groups in total. The predicted octanol–water partition coefficient (Wildman–Crippen LogP) is 1.49. The van der Waals surface area contributed by atoms with Crippen LogP contribution in [0, 0.1) is 0 Å². The molecule has 0 fully saturated rings. The number of fused-ring (bicyclic) bond motifs is 1. The Hall–Kier alpha value is -2.03. The van der Waals surface area contributed by atoms with Gasteiger partial charge in [-0.2, -0.15) is 8.42 Å². The van der Waals surface area contributed by atoms with Gasteiger partial charge in [-0.1, -0.05) is 18.2 Å². The van der Waals surface area contributed by atoms with E-state index in [4.69, 9.17) is 17.5 Å². The molecule has 8 heteroatoms. The van der Waals surface area contributed by atoms with Gasteiger partial charge < -0.3 is 5.11 Å². The van der Waals surface area contributed by atoms with Crippen molar-refractivity contribution in [2.24, 2.45) is 0 Å². The summed E-state index contributed by atoms with van der Waals surface area (Å²) in [6.45, 7) is 1.39. The van der Waals surface area contributed by atoms with Crippen molar-refractivity contribution in [3.63, 3.8) is 0 Å². The van der Waals surface area contributed by atoms with Crippen molar-refractivity contribution in [1.29, 1.82) is 0 Å². The maximum Gasteiger partial charge on any atom is 0.394 e. The average Bonchev–Trinajstić information content (AvgIpc) is 2.25. The van der Waals surface area contributed by atoms with Crippen LogP contribution in [0.2, 0.25) is 0 Å². The van der Waals surface area contributed by atoms with E-state index in [1.54, 1.807) is 12.1 Å². The normalized spacial score (nSPS) is 10.7. The van der Waals surface area contributed by atoms with E-state index in [1.807, 2.05) is 18.2 Å². The second-order valence-corrected chi connectivity index (χ2v) is 4.45. The number of rotatable bonds is 1. The van der Waals surface area contributed by atoms with Crippen LogP contribution < -0.4 is 0 Å². The van der Waals surface area contributed by atoms with E-state index in [1.165, 1.54) is 6.92 Å². The minimum Gasteiger partial charge on any atom is -0.506 e. The second-order valence-electron chi connectivity index (χ2n) is 3.55. The van der Waals surface area contributed by atoms with Gasteiger partial charge in [-0.3, -0.25) is 13.9 Å². The Morgan fingerprint density at radius 2 is 1.74 bits per heavy atom. The van der Waals surface area contributed by atoms with E-state index in [2.05, 4.69) is 4.98 Å². The smallest absolute Gasteiger partial charge is 0.394 e. The highest BCUT2D eigenvalue weighted by Crippen LogP contribution is 2.21. The van der Waals surface area contributed by atoms with Crippen LogP contribution in [0.5, 0.6) is 5.75 Å². The summed E-state index contributed by atoms with van der Waals surface area (Å²) in [5.41, 5.74) is 0.846. The van der Waals surface area contributed by atoms with Gasteiger partial charge in [0.2, 0.25) is 0 Å². The first kappa shape index (κ1) is 15.0. The Kier molecular flexibility index (Phi) is 4.54. The van der Waals surface area contributed by atoms with E-state index in [0.29, 0.717) is 0 Å². The SMILES string of the molecule is CC(=O)c1nc2ccccc2cc1O.O=S(=O)(O)O. The highest BCUT2D eigenvalue weighted by Gasteiger charge is 2.09. The zero-order chi connectivity index (χ0) is 14.6. The Morgan fingerprint density at radius 3 is 2.26 bits per heavy atom. The first-order valence-electron chi connectivity index (χ1n) is 4.98. The van der Waals surface area contributed by atoms with Crippen molar-refractivity contribution in [2.75, 3.05) is 0 Å². The van der Waals surface area contributed by atoms with Gasteiger partial charge in [0.05, 0.1) is 5.52 Å². The Morgan fingerprint density at radius 1 is 1.21 bits per heavy atom. The van der Waals surface area contributed by atoms with E-state index in [0.717, 1.165) is 10.9 Å². The first-order valence-corrected chi connectivity index (χ1v) is 6.38. The minimum absolute atomic E-state index is 0.0591. The van der Waals surface area contributed by atoms with Crippen LogP contribution in [0.1, 0.15) is 17.4 Å². The molecule has 0 saturated heterocycles. The number of ketones is 1. The molecule has 0 aliphatic heterocycles. The van der Waals surface area contributed by atoms with E-state index >= 15 is 0 Å². The molecule has 7 nitrogen and oxygen atoms in total. The number of aromatic hydroxyl groups is 1. The topological polar surface area (TPSA) is 125 Å². The molecule has 2 rings (SSSR count). The van der Waals surface area contributed by atoms with Crippen LogP contribution in [-0.4, -0.2) is 33.4 Å².